The number of benzene rings is 1. The van der Waals surface area contributed by atoms with Crippen molar-refractivity contribution in [2.75, 3.05) is 27.3 Å². The molecule has 7 nitrogen and oxygen atoms in total. The van der Waals surface area contributed by atoms with Crippen LogP contribution in [0.3, 0.4) is 0 Å². The summed E-state index contributed by atoms with van der Waals surface area (Å²) in [4.78, 5) is 17.4. The number of aliphatic carboxylic acids is 1. The highest BCUT2D eigenvalue weighted by Crippen LogP contribution is 2.34. The topological polar surface area (TPSA) is 80.3 Å². The summed E-state index contributed by atoms with van der Waals surface area (Å²) in [6.07, 6.45) is 3.31. The van der Waals surface area contributed by atoms with E-state index in [0.29, 0.717) is 24.3 Å². The van der Waals surface area contributed by atoms with E-state index >= 15 is 0 Å². The Kier molecular flexibility index (Phi) is 5.97. The van der Waals surface area contributed by atoms with Gasteiger partial charge < -0.3 is 24.3 Å². The Morgan fingerprint density at radius 3 is 2.60 bits per heavy atom. The molecule has 0 saturated carbocycles. The standard InChI is InChI=1S/C22H24BrN3O4/c1-29-18-5-3-15(11-19(18)30-2)21-17(26-12-16(23)4-6-20(26)24-21)13-25-9-7-14(8-10-25)22(27)28/h3-6,11-12,14H,7-10,13H2,1-2H3,(H,27,28). The van der Waals surface area contributed by atoms with Gasteiger partial charge >= 0.3 is 0 Å². The second-order valence-electron chi connectivity index (χ2n) is 7.57. The number of nitrogens with one attached hydrogen (secondary N) is 1. The first kappa shape index (κ1) is 20.7. The van der Waals surface area contributed by atoms with Crippen molar-refractivity contribution in [2.45, 2.75) is 19.4 Å². The summed E-state index contributed by atoms with van der Waals surface area (Å²) in [5, 5.41) is 11.2. The molecule has 1 aliphatic rings. The van der Waals surface area contributed by atoms with Gasteiger partial charge in [0.2, 0.25) is 0 Å². The van der Waals surface area contributed by atoms with Crippen LogP contribution in [0, 0.1) is 5.92 Å². The second kappa shape index (κ2) is 8.65. The van der Waals surface area contributed by atoms with E-state index < -0.39 is 5.97 Å². The summed E-state index contributed by atoms with van der Waals surface area (Å²) in [5.74, 6) is 0.0554. The fourth-order valence-corrected chi connectivity index (χ4v) is 4.46. The van der Waals surface area contributed by atoms with Crippen LogP contribution in [-0.2, 0) is 11.3 Å². The van der Waals surface area contributed by atoms with E-state index in [1.165, 1.54) is 4.90 Å². The first-order chi connectivity index (χ1) is 14.5. The maximum Gasteiger partial charge on any atom is 0.161 e. The summed E-state index contributed by atoms with van der Waals surface area (Å²) in [6, 6.07) is 9.77. The summed E-state index contributed by atoms with van der Waals surface area (Å²) >= 11 is 3.56. The molecule has 4 rings (SSSR count). The number of quaternary nitrogens is 1. The summed E-state index contributed by atoms with van der Waals surface area (Å²) in [6.45, 7) is 2.34. The molecule has 158 valence electrons. The zero-order chi connectivity index (χ0) is 21.3. The van der Waals surface area contributed by atoms with E-state index in [1.54, 1.807) is 14.2 Å². The minimum absolute atomic E-state index is 0.338. The number of carbonyl (C=O) groups is 1. The van der Waals surface area contributed by atoms with Crippen molar-refractivity contribution in [3.05, 3.63) is 46.7 Å². The van der Waals surface area contributed by atoms with Crippen molar-refractivity contribution < 1.29 is 24.3 Å². The van der Waals surface area contributed by atoms with Crippen molar-refractivity contribution in [3.8, 4) is 22.8 Å². The number of methoxy groups -OCH3 is 2. The van der Waals surface area contributed by atoms with Crippen LogP contribution in [0.4, 0.5) is 0 Å². The lowest BCUT2D eigenvalue weighted by Gasteiger charge is -2.29. The number of halogens is 1. The highest BCUT2D eigenvalue weighted by atomic mass is 79.9. The molecule has 3 heterocycles. The number of carbonyl (C=O) groups excluding carboxylic acids is 1. The van der Waals surface area contributed by atoms with Gasteiger partial charge in [0.15, 0.2) is 11.5 Å². The third-order valence-corrected chi connectivity index (χ3v) is 6.25. The van der Waals surface area contributed by atoms with E-state index in [9.17, 15) is 9.90 Å². The molecule has 1 aliphatic heterocycles. The number of rotatable bonds is 6. The molecule has 0 radical (unpaired) electrons. The van der Waals surface area contributed by atoms with Crippen molar-refractivity contribution in [2.24, 2.45) is 5.92 Å². The number of imidazole rings is 1. The summed E-state index contributed by atoms with van der Waals surface area (Å²) in [7, 11) is 3.24. The van der Waals surface area contributed by atoms with Crippen LogP contribution in [-0.4, -0.2) is 42.7 Å². The number of hydrogen-bond acceptors (Lipinski definition) is 5. The van der Waals surface area contributed by atoms with Crippen molar-refractivity contribution in [3.63, 3.8) is 0 Å². The van der Waals surface area contributed by atoms with Gasteiger partial charge in [-0.2, -0.15) is 0 Å². The molecule has 0 atom stereocenters. The SMILES string of the molecule is COc1ccc(-c2nc3ccc(Br)cn3c2C[NH+]2CCC(C(=O)[O-])CC2)cc1OC. The molecular weight excluding hydrogens is 450 g/mol. The Morgan fingerprint density at radius 1 is 1.20 bits per heavy atom. The van der Waals surface area contributed by atoms with Gasteiger partial charge in [0.05, 0.1) is 33.0 Å². The van der Waals surface area contributed by atoms with Crippen LogP contribution in [0.15, 0.2) is 41.0 Å². The molecular formula is C22H24BrN3O4. The number of carboxylic acids is 1. The van der Waals surface area contributed by atoms with Crippen molar-refractivity contribution >= 4 is 27.5 Å². The van der Waals surface area contributed by atoms with E-state index in [-0.39, 0.29) is 5.92 Å². The van der Waals surface area contributed by atoms with Gasteiger partial charge in [-0.3, -0.25) is 4.40 Å². The first-order valence-corrected chi connectivity index (χ1v) is 10.7. The Bertz CT molecular complexity index is 1070. The van der Waals surface area contributed by atoms with Gasteiger partial charge in [-0.05, 0) is 46.3 Å². The average molecular weight is 474 g/mol. The molecule has 2 aromatic heterocycles. The smallest absolute Gasteiger partial charge is 0.161 e. The van der Waals surface area contributed by atoms with Gasteiger partial charge in [0.1, 0.15) is 17.9 Å². The monoisotopic (exact) mass is 473 g/mol. The van der Waals surface area contributed by atoms with Gasteiger partial charge in [-0.25, -0.2) is 4.98 Å². The molecule has 0 bridgehead atoms. The van der Waals surface area contributed by atoms with Crippen LogP contribution in [0.1, 0.15) is 18.5 Å². The highest BCUT2D eigenvalue weighted by molar-refractivity contribution is 9.10. The minimum atomic E-state index is -0.932. The van der Waals surface area contributed by atoms with Crippen LogP contribution in [0.25, 0.3) is 16.9 Å². The number of ether oxygens (including phenoxy) is 2. The molecule has 3 aromatic rings. The molecule has 1 N–H and O–H groups in total. The fraction of sp³-hybridized carbons (Fsp3) is 0.364. The number of fused-ring (bicyclic) bond motifs is 1. The number of aromatic nitrogens is 2. The van der Waals surface area contributed by atoms with E-state index in [1.807, 2.05) is 36.5 Å². The number of hydrogen-bond donors (Lipinski definition) is 1. The van der Waals surface area contributed by atoms with Crippen LogP contribution in [0.2, 0.25) is 0 Å². The Morgan fingerprint density at radius 2 is 1.93 bits per heavy atom. The molecule has 30 heavy (non-hydrogen) atoms. The largest absolute Gasteiger partial charge is 0.550 e. The quantitative estimate of drug-likeness (QED) is 0.583. The van der Waals surface area contributed by atoms with Crippen LogP contribution >= 0.6 is 15.9 Å². The maximum atomic E-state index is 11.2. The van der Waals surface area contributed by atoms with Crippen LogP contribution in [0.5, 0.6) is 11.5 Å². The Labute approximate surface area is 183 Å². The predicted molar refractivity (Wildman–Crippen MR) is 114 cm³/mol. The van der Waals surface area contributed by atoms with Crippen molar-refractivity contribution in [1.29, 1.82) is 0 Å². The third-order valence-electron chi connectivity index (χ3n) is 5.78. The first-order valence-electron chi connectivity index (χ1n) is 9.93. The molecule has 1 saturated heterocycles. The Hall–Kier alpha value is -2.58. The van der Waals surface area contributed by atoms with Gasteiger partial charge in [0.25, 0.3) is 0 Å². The molecule has 8 heteroatoms. The minimum Gasteiger partial charge on any atom is -0.550 e. The van der Waals surface area contributed by atoms with Crippen molar-refractivity contribution in [1.82, 2.24) is 9.38 Å². The Balaban J connectivity index is 1.73. The zero-order valence-electron chi connectivity index (χ0n) is 17.0. The molecule has 0 unspecified atom stereocenters. The van der Waals surface area contributed by atoms with E-state index in [0.717, 1.165) is 46.7 Å². The lowest BCUT2D eigenvalue weighted by molar-refractivity contribution is -0.919. The number of likely N-dealkylation sites (tertiary alicyclic amines) is 1. The molecule has 0 spiro atoms. The third kappa shape index (κ3) is 4.02. The lowest BCUT2D eigenvalue weighted by atomic mass is 9.97. The van der Waals surface area contributed by atoms with Crippen LogP contribution < -0.4 is 19.5 Å². The zero-order valence-corrected chi connectivity index (χ0v) is 18.6. The molecule has 1 fully saturated rings. The predicted octanol–water partition coefficient (Wildman–Crippen LogP) is 1.33. The van der Waals surface area contributed by atoms with Gasteiger partial charge in [-0.1, -0.05) is 0 Å². The summed E-state index contributed by atoms with van der Waals surface area (Å²) < 4.78 is 13.9. The van der Waals surface area contributed by atoms with Gasteiger partial charge in [0, 0.05) is 41.0 Å². The fourth-order valence-electron chi connectivity index (χ4n) is 4.13. The molecule has 1 aromatic carbocycles. The summed E-state index contributed by atoms with van der Waals surface area (Å²) in [5.41, 5.74) is 3.79. The van der Waals surface area contributed by atoms with Gasteiger partial charge in [-0.15, -0.1) is 0 Å². The second-order valence-corrected chi connectivity index (χ2v) is 8.49. The van der Waals surface area contributed by atoms with E-state index in [2.05, 4.69) is 20.3 Å². The maximum absolute atomic E-state index is 11.2. The number of carboxylic acid groups (broad SMARTS) is 1. The van der Waals surface area contributed by atoms with E-state index in [4.69, 9.17) is 14.5 Å². The number of pyridine rings is 1. The molecule has 0 aliphatic carbocycles. The number of piperidine rings is 1. The lowest BCUT2D eigenvalue weighted by Crippen LogP contribution is -3.12. The normalized spacial score (nSPS) is 19.0. The average Bonchev–Trinajstić information content (AvgIpc) is 3.11. The molecule has 0 amide bonds. The number of nitrogens with zero attached hydrogens (tertiary/aromatic N) is 2. The highest BCUT2D eigenvalue weighted by Gasteiger charge is 2.26.